The molecule has 0 heterocycles. The van der Waals surface area contributed by atoms with Crippen molar-refractivity contribution in [3.05, 3.63) is 157 Å². The number of hydrogen-bond donors (Lipinski definition) is 0. The summed E-state index contributed by atoms with van der Waals surface area (Å²) in [7, 11) is 0. The Morgan fingerprint density at radius 3 is 1.38 bits per heavy atom. The van der Waals surface area contributed by atoms with Crippen LogP contribution >= 0.6 is 0 Å². The van der Waals surface area contributed by atoms with Crippen molar-refractivity contribution in [3.8, 4) is 33.4 Å². The van der Waals surface area contributed by atoms with Crippen LogP contribution in [0, 0.1) is 13.8 Å². The molecule has 0 N–H and O–H groups in total. The first-order chi connectivity index (χ1) is 20.6. The van der Waals surface area contributed by atoms with Crippen LogP contribution in [0.4, 0.5) is 0 Å². The van der Waals surface area contributed by atoms with Crippen LogP contribution in [0.3, 0.4) is 0 Å². The minimum absolute atomic E-state index is 1.24. The second kappa shape index (κ2) is 9.72. The molecule has 0 amide bonds. The molecule has 8 aromatic carbocycles. The quantitative estimate of drug-likeness (QED) is 0.198. The highest BCUT2D eigenvalue weighted by Gasteiger charge is 2.14. The van der Waals surface area contributed by atoms with E-state index in [4.69, 9.17) is 0 Å². The standard InChI is InChI=1S/C42H30/c1-27-20-28(2)22-34(21-27)32-16-18-37-38-19-17-33(26-42(38)36-15-9-8-14-35(36)41(37)25-32)40-24-31-13-7-6-12-30(31)23-39(40)29-10-4-3-5-11-29/h3-26H,1-2H3. The summed E-state index contributed by atoms with van der Waals surface area (Å²) in [5, 5.41) is 10.3. The van der Waals surface area contributed by atoms with Gasteiger partial charge in [-0.1, -0.05) is 132 Å². The molecule has 42 heavy (non-hydrogen) atoms. The predicted octanol–water partition coefficient (Wildman–Crippen LogP) is 11.9. The van der Waals surface area contributed by atoms with E-state index in [2.05, 4.69) is 159 Å². The van der Waals surface area contributed by atoms with Crippen molar-refractivity contribution in [1.29, 1.82) is 0 Å². The van der Waals surface area contributed by atoms with E-state index in [-0.39, 0.29) is 0 Å². The van der Waals surface area contributed by atoms with Crippen LogP contribution in [0.2, 0.25) is 0 Å². The Bertz CT molecular complexity index is 2260. The van der Waals surface area contributed by atoms with Gasteiger partial charge in [-0.3, -0.25) is 0 Å². The van der Waals surface area contributed by atoms with E-state index in [9.17, 15) is 0 Å². The van der Waals surface area contributed by atoms with Crippen molar-refractivity contribution in [3.63, 3.8) is 0 Å². The molecule has 0 unspecified atom stereocenters. The van der Waals surface area contributed by atoms with E-state index in [1.165, 1.54) is 87.6 Å². The second-order valence-corrected chi connectivity index (χ2v) is 11.6. The molecule has 198 valence electrons. The summed E-state index contributed by atoms with van der Waals surface area (Å²) >= 11 is 0. The van der Waals surface area contributed by atoms with Crippen LogP contribution in [-0.4, -0.2) is 0 Å². The number of benzene rings is 8. The summed E-state index contributed by atoms with van der Waals surface area (Å²) in [4.78, 5) is 0. The van der Waals surface area contributed by atoms with Gasteiger partial charge in [0.1, 0.15) is 0 Å². The monoisotopic (exact) mass is 534 g/mol. The van der Waals surface area contributed by atoms with E-state index < -0.39 is 0 Å². The Hall–Kier alpha value is -5.20. The molecule has 8 rings (SSSR count). The Morgan fingerprint density at radius 2 is 0.762 bits per heavy atom. The van der Waals surface area contributed by atoms with Crippen LogP contribution in [0.5, 0.6) is 0 Å². The minimum atomic E-state index is 1.24. The third-order valence-corrected chi connectivity index (χ3v) is 8.67. The molecule has 8 aromatic rings. The lowest BCUT2D eigenvalue weighted by Crippen LogP contribution is -1.89. The van der Waals surface area contributed by atoms with Gasteiger partial charge in [0.25, 0.3) is 0 Å². The first kappa shape index (κ1) is 24.6. The zero-order valence-electron chi connectivity index (χ0n) is 23.9. The summed E-state index contributed by atoms with van der Waals surface area (Å²) in [5.41, 5.74) is 10.1. The molecule has 0 heteroatoms. The average molecular weight is 535 g/mol. The fourth-order valence-electron chi connectivity index (χ4n) is 6.78. The third-order valence-electron chi connectivity index (χ3n) is 8.67. The van der Waals surface area contributed by atoms with Gasteiger partial charge in [-0.25, -0.2) is 0 Å². The predicted molar refractivity (Wildman–Crippen MR) is 182 cm³/mol. The highest BCUT2D eigenvalue weighted by molar-refractivity contribution is 6.26. The van der Waals surface area contributed by atoms with E-state index in [0.717, 1.165) is 0 Å². The van der Waals surface area contributed by atoms with Crippen LogP contribution in [0.25, 0.3) is 76.5 Å². The zero-order valence-corrected chi connectivity index (χ0v) is 23.9. The normalized spacial score (nSPS) is 11.6. The third kappa shape index (κ3) is 4.07. The summed E-state index contributed by atoms with van der Waals surface area (Å²) in [5.74, 6) is 0. The van der Waals surface area contributed by atoms with Gasteiger partial charge in [0.05, 0.1) is 0 Å². The smallest absolute Gasteiger partial charge is 0.00928 e. The molecule has 0 aromatic heterocycles. The number of fused-ring (bicyclic) bond motifs is 7. The van der Waals surface area contributed by atoms with Crippen molar-refractivity contribution < 1.29 is 0 Å². The van der Waals surface area contributed by atoms with Crippen molar-refractivity contribution in [2.24, 2.45) is 0 Å². The van der Waals surface area contributed by atoms with Crippen LogP contribution in [0.15, 0.2) is 146 Å². The van der Waals surface area contributed by atoms with Gasteiger partial charge in [0.15, 0.2) is 0 Å². The Morgan fingerprint density at radius 1 is 0.286 bits per heavy atom. The maximum absolute atomic E-state index is 2.41. The maximum atomic E-state index is 2.41. The van der Waals surface area contributed by atoms with E-state index >= 15 is 0 Å². The van der Waals surface area contributed by atoms with Crippen molar-refractivity contribution in [2.75, 3.05) is 0 Å². The lowest BCUT2D eigenvalue weighted by Gasteiger charge is -2.16. The van der Waals surface area contributed by atoms with Crippen LogP contribution in [0.1, 0.15) is 11.1 Å². The highest BCUT2D eigenvalue weighted by atomic mass is 14.2. The first-order valence-corrected chi connectivity index (χ1v) is 14.7. The molecule has 0 radical (unpaired) electrons. The zero-order chi connectivity index (χ0) is 28.2. The Balaban J connectivity index is 1.39. The van der Waals surface area contributed by atoms with Gasteiger partial charge in [0, 0.05) is 0 Å². The number of hydrogen-bond acceptors (Lipinski definition) is 0. The highest BCUT2D eigenvalue weighted by Crippen LogP contribution is 2.41. The van der Waals surface area contributed by atoms with Gasteiger partial charge in [-0.15, -0.1) is 0 Å². The van der Waals surface area contributed by atoms with Crippen LogP contribution < -0.4 is 0 Å². The molecule has 0 aliphatic heterocycles. The average Bonchev–Trinajstić information content (AvgIpc) is 3.04. The Labute approximate surface area is 246 Å². The van der Waals surface area contributed by atoms with Crippen molar-refractivity contribution in [2.45, 2.75) is 13.8 Å². The molecule has 0 fully saturated rings. The SMILES string of the molecule is Cc1cc(C)cc(-c2ccc3c4ccc(-c5cc6ccccc6cc5-c5ccccc5)cc4c4ccccc4c3c2)c1. The lowest BCUT2D eigenvalue weighted by molar-refractivity contribution is 1.38. The van der Waals surface area contributed by atoms with E-state index in [1.54, 1.807) is 0 Å². The topological polar surface area (TPSA) is 0 Å². The number of rotatable bonds is 3. The molecule has 0 bridgehead atoms. The summed E-state index contributed by atoms with van der Waals surface area (Å²) < 4.78 is 0. The Kier molecular flexibility index (Phi) is 5.69. The summed E-state index contributed by atoms with van der Waals surface area (Å²) in [6.07, 6.45) is 0. The van der Waals surface area contributed by atoms with E-state index in [0.29, 0.717) is 0 Å². The first-order valence-electron chi connectivity index (χ1n) is 14.7. The van der Waals surface area contributed by atoms with Gasteiger partial charge in [-0.05, 0) is 115 Å². The fraction of sp³-hybridized carbons (Fsp3) is 0.0476. The molecule has 0 atom stereocenters. The van der Waals surface area contributed by atoms with Crippen LogP contribution in [-0.2, 0) is 0 Å². The number of aryl methyl sites for hydroxylation is 2. The van der Waals surface area contributed by atoms with Crippen molar-refractivity contribution >= 4 is 43.1 Å². The fourth-order valence-corrected chi connectivity index (χ4v) is 6.78. The largest absolute Gasteiger partial charge is 0.0622 e. The van der Waals surface area contributed by atoms with Crippen molar-refractivity contribution in [1.82, 2.24) is 0 Å². The molecule has 0 saturated carbocycles. The van der Waals surface area contributed by atoms with Gasteiger partial charge in [-0.2, -0.15) is 0 Å². The molecule has 0 aliphatic carbocycles. The van der Waals surface area contributed by atoms with Gasteiger partial charge >= 0.3 is 0 Å². The molecule has 0 aliphatic rings. The summed E-state index contributed by atoms with van der Waals surface area (Å²) in [6, 6.07) is 53.9. The minimum Gasteiger partial charge on any atom is -0.0622 e. The molecular weight excluding hydrogens is 504 g/mol. The maximum Gasteiger partial charge on any atom is -0.00928 e. The van der Waals surface area contributed by atoms with Gasteiger partial charge < -0.3 is 0 Å². The molecule has 0 nitrogen and oxygen atoms in total. The van der Waals surface area contributed by atoms with Gasteiger partial charge in [0.2, 0.25) is 0 Å². The van der Waals surface area contributed by atoms with E-state index in [1.807, 2.05) is 0 Å². The second-order valence-electron chi connectivity index (χ2n) is 11.6. The lowest BCUT2D eigenvalue weighted by atomic mass is 9.88. The summed E-state index contributed by atoms with van der Waals surface area (Å²) in [6.45, 7) is 4.35. The molecule has 0 spiro atoms. The molecule has 0 saturated heterocycles. The molecular formula is C42H30.